The normalized spacial score (nSPS) is 22.6. The van der Waals surface area contributed by atoms with E-state index < -0.39 is 28.6 Å². The second kappa shape index (κ2) is 6.14. The van der Waals surface area contributed by atoms with Crippen molar-refractivity contribution in [3.8, 4) is 6.07 Å². The molecule has 136 valence electrons. The van der Waals surface area contributed by atoms with Crippen LogP contribution in [0.5, 0.6) is 0 Å². The minimum absolute atomic E-state index is 0.135. The predicted molar refractivity (Wildman–Crippen MR) is 85.7 cm³/mol. The van der Waals surface area contributed by atoms with Crippen molar-refractivity contribution in [3.63, 3.8) is 0 Å². The Hall–Kier alpha value is -1.42. The molecule has 2 fully saturated rings. The molecular weight excluding hydrogens is 316 g/mol. The highest BCUT2D eigenvalue weighted by molar-refractivity contribution is 5.68. The van der Waals surface area contributed by atoms with Gasteiger partial charge in [-0.2, -0.15) is 5.26 Å². The molecule has 0 spiro atoms. The number of piperidine rings is 1. The van der Waals surface area contributed by atoms with Crippen molar-refractivity contribution in [3.05, 3.63) is 0 Å². The van der Waals surface area contributed by atoms with Crippen LogP contribution in [0.3, 0.4) is 0 Å². The summed E-state index contributed by atoms with van der Waals surface area (Å²) in [6, 6.07) is 2.24. The van der Waals surface area contributed by atoms with Gasteiger partial charge in [-0.3, -0.25) is 5.32 Å². The second-order valence-electron chi connectivity index (χ2n) is 8.18. The smallest absolute Gasteiger partial charge is 0.410 e. The van der Waals surface area contributed by atoms with E-state index in [9.17, 15) is 18.8 Å². The van der Waals surface area contributed by atoms with E-state index in [-0.39, 0.29) is 6.54 Å². The number of amides is 1. The minimum Gasteiger partial charge on any atom is -0.444 e. The minimum atomic E-state index is -2.74. The maximum absolute atomic E-state index is 13.7. The summed E-state index contributed by atoms with van der Waals surface area (Å²) in [6.45, 7) is 7.25. The molecule has 0 radical (unpaired) electrons. The molecule has 1 saturated carbocycles. The van der Waals surface area contributed by atoms with Gasteiger partial charge in [0.15, 0.2) is 0 Å². The van der Waals surface area contributed by atoms with Crippen molar-refractivity contribution in [2.45, 2.75) is 70.4 Å². The van der Waals surface area contributed by atoms with Gasteiger partial charge in [0.25, 0.3) is 5.92 Å². The van der Waals surface area contributed by atoms with Crippen molar-refractivity contribution >= 4 is 6.09 Å². The van der Waals surface area contributed by atoms with Crippen molar-refractivity contribution in [2.75, 3.05) is 19.6 Å². The Kier molecular flexibility index (Phi) is 4.84. The van der Waals surface area contributed by atoms with E-state index in [1.165, 1.54) is 0 Å². The molecule has 7 heteroatoms. The highest BCUT2D eigenvalue weighted by atomic mass is 19.3. The van der Waals surface area contributed by atoms with Gasteiger partial charge in [-0.25, -0.2) is 13.6 Å². The van der Waals surface area contributed by atoms with Gasteiger partial charge in [-0.15, -0.1) is 0 Å². The van der Waals surface area contributed by atoms with Crippen LogP contribution in [-0.2, 0) is 4.74 Å². The topological polar surface area (TPSA) is 65.4 Å². The van der Waals surface area contributed by atoms with Crippen LogP contribution in [0.1, 0.15) is 53.4 Å². The SMILES string of the molecule is CC(C)(C)OC(=O)N1CCC(C#N)(NCC2(C(C)(F)F)CC2)CC1. The Labute approximate surface area is 142 Å². The number of rotatable bonds is 4. The lowest BCUT2D eigenvalue weighted by Crippen LogP contribution is -2.56. The molecule has 1 saturated heterocycles. The zero-order chi connectivity index (χ0) is 18.2. The molecule has 1 aliphatic carbocycles. The van der Waals surface area contributed by atoms with Crippen LogP contribution in [0.4, 0.5) is 13.6 Å². The Morgan fingerprint density at radius 1 is 1.21 bits per heavy atom. The van der Waals surface area contributed by atoms with Crippen LogP contribution in [0.15, 0.2) is 0 Å². The number of likely N-dealkylation sites (tertiary alicyclic amines) is 1. The first-order valence-corrected chi connectivity index (χ1v) is 8.44. The largest absolute Gasteiger partial charge is 0.444 e. The molecule has 1 heterocycles. The number of ether oxygens (including phenoxy) is 1. The zero-order valence-corrected chi connectivity index (χ0v) is 14.9. The Bertz CT molecular complexity index is 519. The molecular formula is C17H27F2N3O2. The number of carbonyl (C=O) groups excluding carboxylic acids is 1. The molecule has 5 nitrogen and oxygen atoms in total. The third-order valence-corrected chi connectivity index (χ3v) is 5.03. The molecule has 0 aromatic carbocycles. The van der Waals surface area contributed by atoms with E-state index in [1.54, 1.807) is 25.7 Å². The van der Waals surface area contributed by atoms with Crippen molar-refractivity contribution in [1.82, 2.24) is 10.2 Å². The number of halogens is 2. The fraction of sp³-hybridized carbons (Fsp3) is 0.882. The molecule has 0 unspecified atom stereocenters. The number of hydrogen-bond donors (Lipinski definition) is 1. The lowest BCUT2D eigenvalue weighted by Gasteiger charge is -2.39. The molecule has 1 N–H and O–H groups in total. The van der Waals surface area contributed by atoms with Gasteiger partial charge in [0, 0.05) is 25.0 Å². The Morgan fingerprint density at radius 3 is 2.12 bits per heavy atom. The standard InChI is InChI=1S/C17H27F2N3O2/c1-14(2,3)24-13(23)22-9-7-17(11-20,8-10-22)21-12-16(5-6-16)15(4,18)19/h21H,5-10,12H2,1-4H3. The summed E-state index contributed by atoms with van der Waals surface area (Å²) in [7, 11) is 0. The van der Waals surface area contributed by atoms with E-state index in [0.29, 0.717) is 38.8 Å². The summed E-state index contributed by atoms with van der Waals surface area (Å²) in [6.07, 6.45) is 1.39. The number of hydrogen-bond acceptors (Lipinski definition) is 4. The lowest BCUT2D eigenvalue weighted by molar-refractivity contribution is -0.0560. The summed E-state index contributed by atoms with van der Waals surface area (Å²) in [5.41, 5.74) is -2.43. The highest BCUT2D eigenvalue weighted by Gasteiger charge is 2.59. The van der Waals surface area contributed by atoms with Gasteiger partial charge in [0.2, 0.25) is 0 Å². The predicted octanol–water partition coefficient (Wildman–Crippen LogP) is 3.30. The van der Waals surface area contributed by atoms with E-state index in [0.717, 1.165) is 6.92 Å². The maximum atomic E-state index is 13.7. The first-order valence-electron chi connectivity index (χ1n) is 8.44. The number of nitrogens with zero attached hydrogens (tertiary/aromatic N) is 2. The van der Waals surface area contributed by atoms with Gasteiger partial charge < -0.3 is 9.64 Å². The molecule has 0 atom stereocenters. The third-order valence-electron chi connectivity index (χ3n) is 5.03. The van der Waals surface area contributed by atoms with E-state index in [1.807, 2.05) is 0 Å². The third kappa shape index (κ3) is 4.15. The van der Waals surface area contributed by atoms with Crippen LogP contribution in [0, 0.1) is 16.7 Å². The Balaban J connectivity index is 1.90. The summed E-state index contributed by atoms with van der Waals surface area (Å²) < 4.78 is 32.7. The number of carbonyl (C=O) groups is 1. The quantitative estimate of drug-likeness (QED) is 0.850. The first kappa shape index (κ1) is 18.9. The maximum Gasteiger partial charge on any atom is 0.410 e. The molecule has 1 amide bonds. The number of alkyl halides is 2. The first-order chi connectivity index (χ1) is 10.9. The van der Waals surface area contributed by atoms with Gasteiger partial charge in [0.05, 0.1) is 6.07 Å². The van der Waals surface area contributed by atoms with Gasteiger partial charge >= 0.3 is 6.09 Å². The molecule has 0 bridgehead atoms. The van der Waals surface area contributed by atoms with Gasteiger partial charge in [-0.05, 0) is 53.4 Å². The summed E-state index contributed by atoms with van der Waals surface area (Å²) in [4.78, 5) is 13.6. The van der Waals surface area contributed by atoms with E-state index in [4.69, 9.17) is 4.74 Å². The summed E-state index contributed by atoms with van der Waals surface area (Å²) in [5.74, 6) is -2.74. The number of nitriles is 1. The monoisotopic (exact) mass is 343 g/mol. The molecule has 2 aliphatic rings. The van der Waals surface area contributed by atoms with Crippen molar-refractivity contribution in [2.24, 2.45) is 5.41 Å². The summed E-state index contributed by atoms with van der Waals surface area (Å²) in [5, 5.41) is 12.6. The van der Waals surface area contributed by atoms with E-state index >= 15 is 0 Å². The number of nitrogens with one attached hydrogen (secondary N) is 1. The highest BCUT2D eigenvalue weighted by Crippen LogP contribution is 2.56. The second-order valence-corrected chi connectivity index (χ2v) is 8.18. The van der Waals surface area contributed by atoms with Crippen LogP contribution in [-0.4, -0.2) is 47.7 Å². The van der Waals surface area contributed by atoms with Gasteiger partial charge in [0.1, 0.15) is 11.1 Å². The molecule has 1 aliphatic heterocycles. The van der Waals surface area contributed by atoms with Crippen molar-refractivity contribution < 1.29 is 18.3 Å². The molecule has 0 aromatic heterocycles. The molecule has 0 aromatic rings. The van der Waals surface area contributed by atoms with Crippen LogP contribution < -0.4 is 5.32 Å². The van der Waals surface area contributed by atoms with E-state index in [2.05, 4.69) is 11.4 Å². The summed E-state index contributed by atoms with van der Waals surface area (Å²) >= 11 is 0. The Morgan fingerprint density at radius 2 is 1.75 bits per heavy atom. The molecule has 24 heavy (non-hydrogen) atoms. The lowest BCUT2D eigenvalue weighted by atomic mass is 9.87. The van der Waals surface area contributed by atoms with Gasteiger partial charge in [-0.1, -0.05) is 0 Å². The fourth-order valence-corrected chi connectivity index (χ4v) is 2.99. The average molecular weight is 343 g/mol. The molecule has 2 rings (SSSR count). The van der Waals surface area contributed by atoms with Crippen LogP contribution in [0.25, 0.3) is 0 Å². The van der Waals surface area contributed by atoms with Crippen molar-refractivity contribution in [1.29, 1.82) is 5.26 Å². The average Bonchev–Trinajstić information content (AvgIpc) is 3.25. The fourth-order valence-electron chi connectivity index (χ4n) is 2.99. The van der Waals surface area contributed by atoms with Crippen LogP contribution in [0.2, 0.25) is 0 Å². The van der Waals surface area contributed by atoms with Crippen LogP contribution >= 0.6 is 0 Å². The zero-order valence-electron chi connectivity index (χ0n) is 14.9.